The Hall–Kier alpha value is -1.29. The first kappa shape index (κ1) is 14.1. The summed E-state index contributed by atoms with van der Waals surface area (Å²) in [6.07, 6.45) is 2.60. The van der Waals surface area contributed by atoms with E-state index in [2.05, 4.69) is 53.3 Å². The molecule has 1 N–H and O–H groups in total. The summed E-state index contributed by atoms with van der Waals surface area (Å²) in [7, 11) is 4.36. The Balaban J connectivity index is 1.91. The third kappa shape index (κ3) is 4.10. The fourth-order valence-electron chi connectivity index (χ4n) is 2.64. The molecule has 1 saturated heterocycles. The number of nitrogens with one attached hydrogen (secondary N) is 1. The molecule has 1 fully saturated rings. The van der Waals surface area contributed by atoms with Gasteiger partial charge in [0, 0.05) is 20.1 Å². The van der Waals surface area contributed by atoms with Crippen LogP contribution in [0.5, 0.6) is 0 Å². The third-order valence-corrected chi connectivity index (χ3v) is 3.85. The Morgan fingerprint density at radius 1 is 1.37 bits per heavy atom. The Morgan fingerprint density at radius 3 is 2.79 bits per heavy atom. The normalized spacial score (nSPS) is 17.4. The van der Waals surface area contributed by atoms with Crippen LogP contribution in [-0.2, 0) is 0 Å². The minimum absolute atomic E-state index is 0.797. The van der Waals surface area contributed by atoms with E-state index < -0.39 is 0 Å². The summed E-state index contributed by atoms with van der Waals surface area (Å²) in [5, 5.41) is 3.27. The third-order valence-electron chi connectivity index (χ3n) is 3.85. The summed E-state index contributed by atoms with van der Waals surface area (Å²) < 4.78 is 0. The van der Waals surface area contributed by atoms with Gasteiger partial charge in [0.15, 0.2) is 0 Å². The van der Waals surface area contributed by atoms with Crippen LogP contribution in [0.2, 0.25) is 0 Å². The highest BCUT2D eigenvalue weighted by Crippen LogP contribution is 2.20. The quantitative estimate of drug-likeness (QED) is 0.882. The summed E-state index contributed by atoms with van der Waals surface area (Å²) in [4.78, 5) is 9.35. The molecule has 0 aromatic carbocycles. The second-order valence-corrected chi connectivity index (χ2v) is 5.54. The van der Waals surface area contributed by atoms with Crippen molar-refractivity contribution >= 4 is 11.6 Å². The van der Waals surface area contributed by atoms with E-state index in [4.69, 9.17) is 0 Å². The molecule has 4 nitrogen and oxygen atoms in total. The van der Waals surface area contributed by atoms with Crippen LogP contribution >= 0.6 is 0 Å². The van der Waals surface area contributed by atoms with Gasteiger partial charge in [-0.25, -0.2) is 4.98 Å². The summed E-state index contributed by atoms with van der Waals surface area (Å²) in [6.45, 7) is 6.56. The van der Waals surface area contributed by atoms with Gasteiger partial charge in [-0.05, 0) is 58.0 Å². The first-order valence-electron chi connectivity index (χ1n) is 7.29. The van der Waals surface area contributed by atoms with Gasteiger partial charge >= 0.3 is 0 Å². The van der Waals surface area contributed by atoms with Gasteiger partial charge in [0.05, 0.1) is 0 Å². The van der Waals surface area contributed by atoms with E-state index in [0.29, 0.717) is 0 Å². The number of piperidine rings is 1. The Labute approximate surface area is 116 Å². The van der Waals surface area contributed by atoms with Crippen LogP contribution in [0.15, 0.2) is 18.2 Å². The maximum Gasteiger partial charge on any atom is 0.130 e. The lowest BCUT2D eigenvalue weighted by molar-refractivity contribution is 0.222. The van der Waals surface area contributed by atoms with Crippen molar-refractivity contribution in [1.82, 2.24) is 9.88 Å². The van der Waals surface area contributed by atoms with E-state index in [1.165, 1.54) is 25.9 Å². The van der Waals surface area contributed by atoms with Crippen molar-refractivity contribution in [2.24, 2.45) is 5.92 Å². The molecule has 4 heteroatoms. The molecule has 2 heterocycles. The van der Waals surface area contributed by atoms with Crippen molar-refractivity contribution in [1.29, 1.82) is 0 Å². The largest absolute Gasteiger partial charge is 0.370 e. The Morgan fingerprint density at radius 2 is 2.11 bits per heavy atom. The zero-order valence-electron chi connectivity index (χ0n) is 12.4. The van der Waals surface area contributed by atoms with E-state index in [1.54, 1.807) is 0 Å². The number of hydrogen-bond donors (Lipinski definition) is 1. The Kier molecular flexibility index (Phi) is 5.02. The Bertz CT molecular complexity index is 385. The first-order chi connectivity index (χ1) is 9.19. The van der Waals surface area contributed by atoms with Gasteiger partial charge in [-0.15, -0.1) is 0 Å². The molecule has 0 radical (unpaired) electrons. The van der Waals surface area contributed by atoms with Gasteiger partial charge in [0.1, 0.15) is 11.6 Å². The molecule has 0 bridgehead atoms. The monoisotopic (exact) mass is 262 g/mol. The van der Waals surface area contributed by atoms with Crippen LogP contribution in [0.25, 0.3) is 0 Å². The molecular formula is C15H26N4. The van der Waals surface area contributed by atoms with E-state index in [9.17, 15) is 0 Å². The molecule has 1 aliphatic heterocycles. The summed E-state index contributed by atoms with van der Waals surface area (Å²) in [5.41, 5.74) is 0. The molecule has 0 saturated carbocycles. The number of pyridine rings is 1. The van der Waals surface area contributed by atoms with Crippen LogP contribution in [0.1, 0.15) is 19.8 Å². The zero-order valence-corrected chi connectivity index (χ0v) is 12.4. The fraction of sp³-hybridized carbons (Fsp3) is 0.667. The molecule has 0 amide bonds. The summed E-state index contributed by atoms with van der Waals surface area (Å²) >= 11 is 0. The maximum absolute atomic E-state index is 4.65. The van der Waals surface area contributed by atoms with Crippen molar-refractivity contribution in [3.63, 3.8) is 0 Å². The molecule has 106 valence electrons. The molecule has 1 aliphatic rings. The van der Waals surface area contributed by atoms with Gasteiger partial charge in [-0.3, -0.25) is 0 Å². The standard InChI is InChI=1S/C15H26N4/c1-4-16-14-6-5-7-15(17-14)19(3)12-13-8-10-18(2)11-9-13/h5-7,13H,4,8-12H2,1-3H3,(H,16,17). The molecule has 0 spiro atoms. The predicted molar refractivity (Wildman–Crippen MR) is 81.9 cm³/mol. The van der Waals surface area contributed by atoms with Crippen molar-refractivity contribution in [2.75, 3.05) is 50.5 Å². The SMILES string of the molecule is CCNc1cccc(N(C)CC2CCN(C)CC2)n1. The summed E-state index contributed by atoms with van der Waals surface area (Å²) in [6, 6.07) is 6.19. The van der Waals surface area contributed by atoms with Crippen LogP contribution < -0.4 is 10.2 Å². The molecule has 0 aliphatic carbocycles. The molecule has 0 atom stereocenters. The number of anilines is 2. The van der Waals surface area contributed by atoms with Gasteiger partial charge in [0.2, 0.25) is 0 Å². The van der Waals surface area contributed by atoms with Gasteiger partial charge in [-0.2, -0.15) is 0 Å². The average Bonchev–Trinajstić information content (AvgIpc) is 2.42. The highest BCUT2D eigenvalue weighted by Gasteiger charge is 2.18. The number of aromatic nitrogens is 1. The van der Waals surface area contributed by atoms with Crippen LogP contribution in [0.3, 0.4) is 0 Å². The lowest BCUT2D eigenvalue weighted by Gasteiger charge is -2.32. The number of hydrogen-bond acceptors (Lipinski definition) is 4. The van der Waals surface area contributed by atoms with Crippen molar-refractivity contribution < 1.29 is 0 Å². The van der Waals surface area contributed by atoms with Gasteiger partial charge in [0.25, 0.3) is 0 Å². The lowest BCUT2D eigenvalue weighted by atomic mass is 9.97. The van der Waals surface area contributed by atoms with E-state index in [1.807, 2.05) is 6.07 Å². The molecule has 2 rings (SSSR count). The minimum Gasteiger partial charge on any atom is -0.370 e. The van der Waals surface area contributed by atoms with Crippen molar-refractivity contribution in [2.45, 2.75) is 19.8 Å². The second-order valence-electron chi connectivity index (χ2n) is 5.54. The van der Waals surface area contributed by atoms with Gasteiger partial charge in [-0.1, -0.05) is 6.07 Å². The average molecular weight is 262 g/mol. The van der Waals surface area contributed by atoms with Gasteiger partial charge < -0.3 is 15.1 Å². The predicted octanol–water partition coefficient (Wildman–Crippen LogP) is 2.29. The lowest BCUT2D eigenvalue weighted by Crippen LogP contribution is -2.36. The number of rotatable bonds is 5. The highest BCUT2D eigenvalue weighted by atomic mass is 15.2. The summed E-state index contributed by atoms with van der Waals surface area (Å²) in [5.74, 6) is 2.83. The van der Waals surface area contributed by atoms with Crippen LogP contribution in [0, 0.1) is 5.92 Å². The smallest absolute Gasteiger partial charge is 0.130 e. The molecule has 1 aromatic heterocycles. The zero-order chi connectivity index (χ0) is 13.7. The van der Waals surface area contributed by atoms with E-state index >= 15 is 0 Å². The molecule has 1 aromatic rings. The van der Waals surface area contributed by atoms with Crippen LogP contribution in [0.4, 0.5) is 11.6 Å². The number of nitrogens with zero attached hydrogens (tertiary/aromatic N) is 3. The topological polar surface area (TPSA) is 31.4 Å². The van der Waals surface area contributed by atoms with Crippen molar-refractivity contribution in [3.05, 3.63) is 18.2 Å². The molecule has 0 unspecified atom stereocenters. The van der Waals surface area contributed by atoms with E-state index in [0.717, 1.165) is 30.6 Å². The minimum atomic E-state index is 0.797. The van der Waals surface area contributed by atoms with Crippen LogP contribution in [-0.4, -0.2) is 50.2 Å². The second kappa shape index (κ2) is 6.75. The molecular weight excluding hydrogens is 236 g/mol. The maximum atomic E-state index is 4.65. The number of likely N-dealkylation sites (tertiary alicyclic amines) is 1. The van der Waals surface area contributed by atoms with E-state index in [-0.39, 0.29) is 0 Å². The van der Waals surface area contributed by atoms with Crippen molar-refractivity contribution in [3.8, 4) is 0 Å². The first-order valence-corrected chi connectivity index (χ1v) is 7.29. The molecule has 19 heavy (non-hydrogen) atoms. The highest BCUT2D eigenvalue weighted by molar-refractivity contribution is 5.46. The fourth-order valence-corrected chi connectivity index (χ4v) is 2.64.